The predicted octanol–water partition coefficient (Wildman–Crippen LogP) is 1.18. The molecule has 0 amide bonds. The number of para-hydroxylation sites is 1. The van der Waals surface area contributed by atoms with Crippen LogP contribution in [0.25, 0.3) is 11.0 Å². The number of hydrogen-bond acceptors (Lipinski definition) is 4. The number of rotatable bonds is 5. The third-order valence-corrected chi connectivity index (χ3v) is 2.79. The number of aliphatic hydroxyl groups is 2. The van der Waals surface area contributed by atoms with E-state index in [1.165, 1.54) is 0 Å². The van der Waals surface area contributed by atoms with Gasteiger partial charge in [-0.3, -0.25) is 0 Å². The van der Waals surface area contributed by atoms with Gasteiger partial charge >= 0.3 is 0 Å². The first-order chi connectivity index (χ1) is 8.22. The molecule has 1 aromatic heterocycles. The summed E-state index contributed by atoms with van der Waals surface area (Å²) < 4.78 is 5.63. The molecular formula is C13H17NO3. The summed E-state index contributed by atoms with van der Waals surface area (Å²) in [6, 6.07) is 7.88. The van der Waals surface area contributed by atoms with Gasteiger partial charge in [-0.25, -0.2) is 0 Å². The maximum Gasteiger partial charge on any atom is 0.134 e. The van der Waals surface area contributed by atoms with Gasteiger partial charge in [0.1, 0.15) is 11.3 Å². The van der Waals surface area contributed by atoms with Gasteiger partial charge in [0.25, 0.3) is 0 Å². The van der Waals surface area contributed by atoms with Crippen molar-refractivity contribution in [1.82, 2.24) is 5.32 Å². The minimum Gasteiger partial charge on any atom is -0.461 e. The molecule has 1 aromatic carbocycles. The fourth-order valence-corrected chi connectivity index (χ4v) is 1.87. The topological polar surface area (TPSA) is 65.6 Å². The minimum absolute atomic E-state index is 0.224. The molecule has 0 aliphatic rings. The number of nitrogens with one attached hydrogen (secondary N) is 1. The van der Waals surface area contributed by atoms with Gasteiger partial charge in [-0.05, 0) is 13.0 Å². The van der Waals surface area contributed by atoms with E-state index in [1.54, 1.807) is 0 Å². The molecule has 92 valence electrons. The highest BCUT2D eigenvalue weighted by Gasteiger charge is 2.10. The number of hydrogen-bond donors (Lipinski definition) is 3. The van der Waals surface area contributed by atoms with Crippen molar-refractivity contribution in [3.8, 4) is 0 Å². The molecule has 1 unspecified atom stereocenters. The second kappa shape index (κ2) is 5.31. The van der Waals surface area contributed by atoms with Gasteiger partial charge < -0.3 is 19.9 Å². The van der Waals surface area contributed by atoms with Crippen molar-refractivity contribution in [3.05, 3.63) is 35.6 Å². The van der Waals surface area contributed by atoms with Crippen LogP contribution in [-0.2, 0) is 6.54 Å². The molecule has 4 heteroatoms. The van der Waals surface area contributed by atoms with E-state index < -0.39 is 6.10 Å². The minimum atomic E-state index is -0.714. The maximum atomic E-state index is 9.23. The van der Waals surface area contributed by atoms with Gasteiger partial charge in [0.2, 0.25) is 0 Å². The second-order valence-corrected chi connectivity index (χ2v) is 4.10. The number of fused-ring (bicyclic) bond motifs is 1. The number of aliphatic hydroxyl groups excluding tert-OH is 2. The molecule has 1 heterocycles. The van der Waals surface area contributed by atoms with E-state index in [-0.39, 0.29) is 6.61 Å². The van der Waals surface area contributed by atoms with Crippen molar-refractivity contribution in [2.75, 3.05) is 13.2 Å². The third-order valence-electron chi connectivity index (χ3n) is 2.79. The van der Waals surface area contributed by atoms with Crippen LogP contribution in [0.4, 0.5) is 0 Å². The molecule has 0 saturated carbocycles. The molecule has 0 aliphatic carbocycles. The van der Waals surface area contributed by atoms with Crippen molar-refractivity contribution in [3.63, 3.8) is 0 Å². The summed E-state index contributed by atoms with van der Waals surface area (Å²) in [6.45, 7) is 2.70. The van der Waals surface area contributed by atoms with Gasteiger partial charge in [-0.15, -0.1) is 0 Å². The standard InChI is InChI=1S/C13H17NO3/c1-9-12(7-14-6-10(16)8-15)11-4-2-3-5-13(11)17-9/h2-5,10,14-16H,6-8H2,1H3. The molecule has 0 bridgehead atoms. The number of aryl methyl sites for hydroxylation is 1. The Hall–Kier alpha value is -1.36. The first-order valence-corrected chi connectivity index (χ1v) is 5.69. The Morgan fingerprint density at radius 2 is 2.12 bits per heavy atom. The zero-order valence-corrected chi connectivity index (χ0v) is 9.81. The molecule has 1 atom stereocenters. The lowest BCUT2D eigenvalue weighted by molar-refractivity contribution is 0.0942. The summed E-state index contributed by atoms with van der Waals surface area (Å²) in [4.78, 5) is 0. The number of furan rings is 1. The van der Waals surface area contributed by atoms with E-state index in [1.807, 2.05) is 31.2 Å². The Morgan fingerprint density at radius 1 is 1.35 bits per heavy atom. The van der Waals surface area contributed by atoms with E-state index in [2.05, 4.69) is 5.32 Å². The molecule has 0 saturated heterocycles. The Labute approximate surface area is 99.9 Å². The maximum absolute atomic E-state index is 9.23. The van der Waals surface area contributed by atoms with E-state index in [0.717, 1.165) is 22.3 Å². The lowest BCUT2D eigenvalue weighted by Crippen LogP contribution is -2.29. The average Bonchev–Trinajstić information content (AvgIpc) is 2.66. The average molecular weight is 235 g/mol. The van der Waals surface area contributed by atoms with Crippen LogP contribution in [0.2, 0.25) is 0 Å². The molecule has 0 aliphatic heterocycles. The van der Waals surface area contributed by atoms with E-state index in [0.29, 0.717) is 13.1 Å². The van der Waals surface area contributed by atoms with Crippen LogP contribution in [0.1, 0.15) is 11.3 Å². The Balaban J connectivity index is 2.10. The summed E-state index contributed by atoms with van der Waals surface area (Å²) >= 11 is 0. The fourth-order valence-electron chi connectivity index (χ4n) is 1.87. The largest absolute Gasteiger partial charge is 0.461 e. The summed E-state index contributed by atoms with van der Waals surface area (Å²) in [5, 5.41) is 22.1. The first-order valence-electron chi connectivity index (χ1n) is 5.69. The van der Waals surface area contributed by atoms with Crippen LogP contribution in [0.5, 0.6) is 0 Å². The Morgan fingerprint density at radius 3 is 2.88 bits per heavy atom. The Bertz CT molecular complexity index is 492. The van der Waals surface area contributed by atoms with Gasteiger partial charge in [0, 0.05) is 24.0 Å². The Kier molecular flexibility index (Phi) is 3.78. The lowest BCUT2D eigenvalue weighted by Gasteiger charge is -2.08. The van der Waals surface area contributed by atoms with Crippen LogP contribution in [0, 0.1) is 6.92 Å². The quantitative estimate of drug-likeness (QED) is 0.728. The van der Waals surface area contributed by atoms with Gasteiger partial charge in [-0.1, -0.05) is 18.2 Å². The summed E-state index contributed by atoms with van der Waals surface area (Å²) in [6.07, 6.45) is -0.714. The summed E-state index contributed by atoms with van der Waals surface area (Å²) in [7, 11) is 0. The fraction of sp³-hybridized carbons (Fsp3) is 0.385. The highest BCUT2D eigenvalue weighted by atomic mass is 16.3. The molecular weight excluding hydrogens is 218 g/mol. The highest BCUT2D eigenvalue weighted by Crippen LogP contribution is 2.24. The van der Waals surface area contributed by atoms with Gasteiger partial charge in [0.05, 0.1) is 12.7 Å². The summed E-state index contributed by atoms with van der Waals surface area (Å²) in [5.41, 5.74) is 1.98. The van der Waals surface area contributed by atoms with Crippen molar-refractivity contribution < 1.29 is 14.6 Å². The molecule has 4 nitrogen and oxygen atoms in total. The van der Waals surface area contributed by atoms with Crippen LogP contribution in [0.3, 0.4) is 0 Å². The molecule has 0 radical (unpaired) electrons. The van der Waals surface area contributed by atoms with Crippen LogP contribution < -0.4 is 5.32 Å². The number of benzene rings is 1. The van der Waals surface area contributed by atoms with Crippen LogP contribution in [0.15, 0.2) is 28.7 Å². The van der Waals surface area contributed by atoms with Crippen molar-refractivity contribution in [2.24, 2.45) is 0 Å². The highest BCUT2D eigenvalue weighted by molar-refractivity contribution is 5.82. The lowest BCUT2D eigenvalue weighted by atomic mass is 10.1. The van der Waals surface area contributed by atoms with Crippen LogP contribution in [-0.4, -0.2) is 29.5 Å². The molecule has 2 rings (SSSR count). The monoisotopic (exact) mass is 235 g/mol. The molecule has 3 N–H and O–H groups in total. The third kappa shape index (κ3) is 2.66. The zero-order valence-electron chi connectivity index (χ0n) is 9.81. The summed E-state index contributed by atoms with van der Waals surface area (Å²) in [5.74, 6) is 0.886. The van der Waals surface area contributed by atoms with Crippen molar-refractivity contribution >= 4 is 11.0 Å². The van der Waals surface area contributed by atoms with E-state index in [9.17, 15) is 5.11 Å². The van der Waals surface area contributed by atoms with Gasteiger partial charge in [-0.2, -0.15) is 0 Å². The molecule has 0 fully saturated rings. The molecule has 0 spiro atoms. The van der Waals surface area contributed by atoms with E-state index in [4.69, 9.17) is 9.52 Å². The molecule has 17 heavy (non-hydrogen) atoms. The predicted molar refractivity (Wildman–Crippen MR) is 65.8 cm³/mol. The first kappa shape index (κ1) is 12.1. The van der Waals surface area contributed by atoms with Crippen molar-refractivity contribution in [2.45, 2.75) is 19.6 Å². The van der Waals surface area contributed by atoms with E-state index >= 15 is 0 Å². The smallest absolute Gasteiger partial charge is 0.134 e. The van der Waals surface area contributed by atoms with Crippen molar-refractivity contribution in [1.29, 1.82) is 0 Å². The zero-order chi connectivity index (χ0) is 12.3. The normalized spacial score (nSPS) is 13.1. The van der Waals surface area contributed by atoms with Gasteiger partial charge in [0.15, 0.2) is 0 Å². The van der Waals surface area contributed by atoms with Crippen LogP contribution >= 0.6 is 0 Å². The SMILES string of the molecule is Cc1oc2ccccc2c1CNCC(O)CO. The molecule has 2 aromatic rings. The second-order valence-electron chi connectivity index (χ2n) is 4.10.